The molecule has 0 aliphatic heterocycles. The van der Waals surface area contributed by atoms with Crippen molar-refractivity contribution >= 4 is 23.3 Å². The van der Waals surface area contributed by atoms with Crippen LogP contribution in [0.15, 0.2) is 49.1 Å². The molecule has 146 valence electrons. The average molecular weight is 386 g/mol. The zero-order valence-corrected chi connectivity index (χ0v) is 15.3. The number of carbonyl (C=O) groups is 2. The van der Waals surface area contributed by atoms with Crippen LogP contribution in [0.5, 0.6) is 11.5 Å². The van der Waals surface area contributed by atoms with E-state index in [9.17, 15) is 19.7 Å². The summed E-state index contributed by atoms with van der Waals surface area (Å²) in [4.78, 5) is 34.8. The highest BCUT2D eigenvalue weighted by molar-refractivity contribution is 6.06. The Morgan fingerprint density at radius 1 is 1.11 bits per heavy atom. The molecule has 0 atom stereocenters. The fraction of sp³-hybridized carbons (Fsp3) is 0.158. The number of nitro benzene ring substituents is 1. The van der Waals surface area contributed by atoms with Gasteiger partial charge in [-0.15, -0.1) is 0 Å². The van der Waals surface area contributed by atoms with Gasteiger partial charge in [-0.3, -0.25) is 14.9 Å². The van der Waals surface area contributed by atoms with Gasteiger partial charge in [-0.05, 0) is 24.3 Å². The van der Waals surface area contributed by atoms with Crippen LogP contribution in [-0.4, -0.2) is 37.6 Å². The smallest absolute Gasteiger partial charge is 0.338 e. The summed E-state index contributed by atoms with van der Waals surface area (Å²) in [6, 6.07) is 8.15. The fourth-order valence-electron chi connectivity index (χ4n) is 2.30. The monoisotopic (exact) mass is 386 g/mol. The predicted octanol–water partition coefficient (Wildman–Crippen LogP) is 3.21. The Bertz CT molecular complexity index is 924. The number of anilines is 1. The average Bonchev–Trinajstić information content (AvgIpc) is 2.71. The Morgan fingerprint density at radius 2 is 1.75 bits per heavy atom. The second-order valence-electron chi connectivity index (χ2n) is 5.40. The molecule has 1 amide bonds. The van der Waals surface area contributed by atoms with E-state index in [1.807, 2.05) is 0 Å². The second-order valence-corrected chi connectivity index (χ2v) is 5.40. The molecule has 9 nitrogen and oxygen atoms in total. The van der Waals surface area contributed by atoms with Crippen molar-refractivity contribution in [1.29, 1.82) is 0 Å². The van der Waals surface area contributed by atoms with Gasteiger partial charge in [-0.2, -0.15) is 0 Å². The first kappa shape index (κ1) is 20.4. The highest BCUT2D eigenvalue weighted by Crippen LogP contribution is 2.29. The van der Waals surface area contributed by atoms with Crippen molar-refractivity contribution in [2.24, 2.45) is 0 Å². The maximum atomic E-state index is 12.5. The van der Waals surface area contributed by atoms with Crippen molar-refractivity contribution in [3.63, 3.8) is 0 Å². The number of hydrogen-bond donors (Lipinski definition) is 1. The van der Waals surface area contributed by atoms with Gasteiger partial charge in [-0.1, -0.05) is 12.7 Å². The molecule has 0 heterocycles. The minimum absolute atomic E-state index is 0.0371. The first-order valence-corrected chi connectivity index (χ1v) is 8.01. The third-order valence-corrected chi connectivity index (χ3v) is 3.66. The lowest BCUT2D eigenvalue weighted by Gasteiger charge is -2.12. The lowest BCUT2D eigenvalue weighted by Crippen LogP contribution is -2.13. The molecule has 9 heteroatoms. The molecule has 0 aliphatic carbocycles. The van der Waals surface area contributed by atoms with Crippen LogP contribution in [0.4, 0.5) is 11.4 Å². The number of carbonyl (C=O) groups excluding carboxylic acids is 2. The zero-order valence-electron chi connectivity index (χ0n) is 15.3. The van der Waals surface area contributed by atoms with E-state index >= 15 is 0 Å². The Labute approximate surface area is 160 Å². The van der Waals surface area contributed by atoms with Crippen LogP contribution < -0.4 is 14.8 Å². The van der Waals surface area contributed by atoms with Gasteiger partial charge in [0.15, 0.2) is 5.75 Å². The number of methoxy groups -OCH3 is 2. The van der Waals surface area contributed by atoms with E-state index in [0.29, 0.717) is 5.69 Å². The number of benzene rings is 2. The normalized spacial score (nSPS) is 9.93. The summed E-state index contributed by atoms with van der Waals surface area (Å²) in [6.45, 7) is 3.54. The molecule has 0 saturated carbocycles. The van der Waals surface area contributed by atoms with E-state index in [-0.39, 0.29) is 34.9 Å². The fourth-order valence-corrected chi connectivity index (χ4v) is 2.30. The molecule has 0 saturated heterocycles. The summed E-state index contributed by atoms with van der Waals surface area (Å²) in [6.07, 6.45) is 1.45. The van der Waals surface area contributed by atoms with E-state index in [0.717, 1.165) is 0 Å². The highest BCUT2D eigenvalue weighted by Gasteiger charge is 2.19. The van der Waals surface area contributed by atoms with Crippen LogP contribution in [0.1, 0.15) is 20.7 Å². The maximum absolute atomic E-state index is 12.5. The van der Waals surface area contributed by atoms with Crippen LogP contribution in [0.2, 0.25) is 0 Å². The molecule has 0 fully saturated rings. The molecule has 0 radical (unpaired) electrons. The summed E-state index contributed by atoms with van der Waals surface area (Å²) < 4.78 is 15.1. The minimum Gasteiger partial charge on any atom is -0.495 e. The van der Waals surface area contributed by atoms with Gasteiger partial charge in [-0.25, -0.2) is 4.79 Å². The van der Waals surface area contributed by atoms with Crippen LogP contribution in [-0.2, 0) is 4.74 Å². The van der Waals surface area contributed by atoms with Crippen LogP contribution in [0.25, 0.3) is 0 Å². The van der Waals surface area contributed by atoms with Crippen LogP contribution in [0, 0.1) is 10.1 Å². The van der Waals surface area contributed by atoms with Gasteiger partial charge in [0.05, 0.1) is 30.4 Å². The van der Waals surface area contributed by atoms with E-state index in [2.05, 4.69) is 11.9 Å². The number of hydrogen-bond acceptors (Lipinski definition) is 7. The molecular formula is C19H18N2O7. The van der Waals surface area contributed by atoms with Crippen LogP contribution >= 0.6 is 0 Å². The second kappa shape index (κ2) is 9.17. The van der Waals surface area contributed by atoms with Crippen LogP contribution in [0.3, 0.4) is 0 Å². The molecule has 0 aliphatic rings. The number of ether oxygens (including phenoxy) is 3. The summed E-state index contributed by atoms with van der Waals surface area (Å²) in [5, 5.41) is 13.6. The van der Waals surface area contributed by atoms with E-state index in [4.69, 9.17) is 14.2 Å². The third-order valence-electron chi connectivity index (χ3n) is 3.66. The van der Waals surface area contributed by atoms with E-state index < -0.39 is 16.8 Å². The molecule has 2 rings (SSSR count). The number of esters is 1. The van der Waals surface area contributed by atoms with Crippen molar-refractivity contribution in [2.75, 3.05) is 26.1 Å². The molecule has 0 unspecified atom stereocenters. The van der Waals surface area contributed by atoms with Crippen molar-refractivity contribution in [3.8, 4) is 11.5 Å². The molecule has 0 aromatic heterocycles. The summed E-state index contributed by atoms with van der Waals surface area (Å²) in [5.74, 6) is -0.884. The van der Waals surface area contributed by atoms with E-state index in [1.54, 1.807) is 0 Å². The van der Waals surface area contributed by atoms with Gasteiger partial charge in [0, 0.05) is 17.7 Å². The Hall–Kier alpha value is -3.88. The number of nitro groups is 1. The predicted molar refractivity (Wildman–Crippen MR) is 101 cm³/mol. The van der Waals surface area contributed by atoms with Crippen molar-refractivity contribution in [2.45, 2.75) is 0 Å². The lowest BCUT2D eigenvalue weighted by molar-refractivity contribution is -0.385. The molecule has 2 aromatic carbocycles. The Kier molecular flexibility index (Phi) is 6.69. The lowest BCUT2D eigenvalue weighted by atomic mass is 10.1. The zero-order chi connectivity index (χ0) is 20.7. The minimum atomic E-state index is -0.603. The topological polar surface area (TPSA) is 117 Å². The van der Waals surface area contributed by atoms with Gasteiger partial charge in [0.25, 0.3) is 5.91 Å². The highest BCUT2D eigenvalue weighted by atomic mass is 16.6. The molecular weight excluding hydrogens is 368 g/mol. The number of amides is 1. The molecule has 1 N–H and O–H groups in total. The van der Waals surface area contributed by atoms with Gasteiger partial charge < -0.3 is 19.5 Å². The first-order chi connectivity index (χ1) is 13.4. The Balaban J connectivity index is 2.25. The molecule has 0 bridgehead atoms. The molecule has 28 heavy (non-hydrogen) atoms. The molecule has 2 aromatic rings. The maximum Gasteiger partial charge on any atom is 0.338 e. The van der Waals surface area contributed by atoms with Gasteiger partial charge >= 0.3 is 11.7 Å². The van der Waals surface area contributed by atoms with Crippen molar-refractivity contribution in [3.05, 3.63) is 70.3 Å². The number of nitrogens with zero attached hydrogens (tertiary/aromatic N) is 1. The van der Waals surface area contributed by atoms with Crippen molar-refractivity contribution in [1.82, 2.24) is 0 Å². The van der Waals surface area contributed by atoms with Crippen molar-refractivity contribution < 1.29 is 28.7 Å². The number of rotatable bonds is 8. The Morgan fingerprint density at radius 3 is 2.36 bits per heavy atom. The van der Waals surface area contributed by atoms with Gasteiger partial charge in [0.2, 0.25) is 0 Å². The van der Waals surface area contributed by atoms with E-state index in [1.165, 1.54) is 56.7 Å². The summed E-state index contributed by atoms with van der Waals surface area (Å²) >= 11 is 0. The van der Waals surface area contributed by atoms with Gasteiger partial charge in [0.1, 0.15) is 12.4 Å². The molecule has 0 spiro atoms. The largest absolute Gasteiger partial charge is 0.495 e. The third kappa shape index (κ3) is 4.64. The SMILES string of the molecule is C=CCOC(=O)c1ccc(NC(=O)c2ccc([N+](=O)[O-])c(OC)c2)c(OC)c1. The first-order valence-electron chi connectivity index (χ1n) is 8.01. The number of nitrogens with one attached hydrogen (secondary N) is 1. The standard InChI is InChI=1S/C19H18N2O7/c1-4-9-28-19(23)13-5-7-14(16(11-13)26-2)20-18(22)12-6-8-15(21(24)25)17(10-12)27-3/h4-8,10-11H,1,9H2,2-3H3,(H,20,22). The summed E-state index contributed by atoms with van der Waals surface area (Å²) in [5.41, 5.74) is 0.455. The summed E-state index contributed by atoms with van der Waals surface area (Å²) in [7, 11) is 2.66. The quantitative estimate of drug-likeness (QED) is 0.320.